The maximum atomic E-state index is 12.3. The van der Waals surface area contributed by atoms with Crippen molar-refractivity contribution in [2.24, 2.45) is 11.8 Å². The lowest BCUT2D eigenvalue weighted by atomic mass is 9.89. The molecule has 0 aliphatic carbocycles. The number of carbonyl (C=O) groups is 1. The number of ketones is 1. The fourth-order valence-corrected chi connectivity index (χ4v) is 3.83. The fourth-order valence-electron chi connectivity index (χ4n) is 3.83. The first-order valence-electron chi connectivity index (χ1n) is 8.57. The lowest BCUT2D eigenvalue weighted by Gasteiger charge is -2.32. The molecule has 0 amide bonds. The summed E-state index contributed by atoms with van der Waals surface area (Å²) in [5, 5.41) is 0. The second kappa shape index (κ2) is 7.23. The van der Waals surface area contributed by atoms with Crippen molar-refractivity contribution in [3.63, 3.8) is 0 Å². The van der Waals surface area contributed by atoms with Crippen LogP contribution in [-0.2, 0) is 4.79 Å². The first kappa shape index (κ1) is 15.5. The Balaban J connectivity index is 1.41. The molecule has 2 aliphatic heterocycles. The standard InChI is InChI=1S/C18H27N3O/c1-20-9-5-16(14-20)13-17(22)12-15-6-10-21(11-7-15)18-4-2-3-8-19-18/h2-4,8,15-16H,5-7,9-14H2,1H3/t16-/m0/s1. The molecule has 2 aliphatic rings. The summed E-state index contributed by atoms with van der Waals surface area (Å²) in [6.45, 7) is 4.31. The van der Waals surface area contributed by atoms with Crippen LogP contribution in [0, 0.1) is 11.8 Å². The van der Waals surface area contributed by atoms with E-state index in [0.717, 1.165) is 57.7 Å². The molecule has 2 fully saturated rings. The Hall–Kier alpha value is -1.42. The molecule has 0 bridgehead atoms. The molecule has 120 valence electrons. The third-order valence-electron chi connectivity index (χ3n) is 5.11. The summed E-state index contributed by atoms with van der Waals surface area (Å²) < 4.78 is 0. The Kier molecular flexibility index (Phi) is 5.08. The van der Waals surface area contributed by atoms with Crippen LogP contribution in [0.2, 0.25) is 0 Å². The Morgan fingerprint density at radius 3 is 2.50 bits per heavy atom. The second-order valence-electron chi connectivity index (χ2n) is 6.98. The zero-order valence-corrected chi connectivity index (χ0v) is 13.6. The van der Waals surface area contributed by atoms with Crippen molar-refractivity contribution in [2.75, 3.05) is 38.1 Å². The number of pyridine rings is 1. The van der Waals surface area contributed by atoms with Gasteiger partial charge in [-0.2, -0.15) is 0 Å². The van der Waals surface area contributed by atoms with Gasteiger partial charge in [0.05, 0.1) is 0 Å². The normalized spacial score (nSPS) is 23.9. The summed E-state index contributed by atoms with van der Waals surface area (Å²) in [5.74, 6) is 2.73. The Bertz CT molecular complexity index is 482. The molecule has 0 saturated carbocycles. The van der Waals surface area contributed by atoms with Gasteiger partial charge in [-0.15, -0.1) is 0 Å². The Morgan fingerprint density at radius 1 is 1.14 bits per heavy atom. The van der Waals surface area contributed by atoms with E-state index in [4.69, 9.17) is 0 Å². The summed E-state index contributed by atoms with van der Waals surface area (Å²) in [6, 6.07) is 6.06. The van der Waals surface area contributed by atoms with Gasteiger partial charge in [0, 0.05) is 38.7 Å². The van der Waals surface area contributed by atoms with Gasteiger partial charge in [0.1, 0.15) is 11.6 Å². The fraction of sp³-hybridized carbons (Fsp3) is 0.667. The monoisotopic (exact) mass is 301 g/mol. The largest absolute Gasteiger partial charge is 0.357 e. The maximum Gasteiger partial charge on any atom is 0.133 e. The summed E-state index contributed by atoms with van der Waals surface area (Å²) in [4.78, 5) is 21.4. The van der Waals surface area contributed by atoms with E-state index in [1.54, 1.807) is 0 Å². The minimum atomic E-state index is 0.483. The number of nitrogens with zero attached hydrogens (tertiary/aromatic N) is 3. The molecule has 0 aromatic carbocycles. The quantitative estimate of drug-likeness (QED) is 0.837. The van der Waals surface area contributed by atoms with Gasteiger partial charge in [-0.25, -0.2) is 4.98 Å². The van der Waals surface area contributed by atoms with Crippen molar-refractivity contribution < 1.29 is 4.79 Å². The lowest BCUT2D eigenvalue weighted by Crippen LogP contribution is -2.35. The zero-order valence-electron chi connectivity index (χ0n) is 13.6. The number of carbonyl (C=O) groups excluding carboxylic acids is 1. The SMILES string of the molecule is CN1CC[C@@H](CC(=O)CC2CCN(c3ccccn3)CC2)C1. The van der Waals surface area contributed by atoms with Crippen LogP contribution in [0.5, 0.6) is 0 Å². The molecule has 2 saturated heterocycles. The topological polar surface area (TPSA) is 36.4 Å². The average Bonchev–Trinajstić information content (AvgIpc) is 2.94. The minimum absolute atomic E-state index is 0.483. The number of aromatic nitrogens is 1. The molecule has 22 heavy (non-hydrogen) atoms. The molecule has 4 heteroatoms. The van der Waals surface area contributed by atoms with Crippen molar-refractivity contribution in [1.29, 1.82) is 0 Å². The van der Waals surface area contributed by atoms with Crippen LogP contribution in [0.1, 0.15) is 32.1 Å². The minimum Gasteiger partial charge on any atom is -0.357 e. The summed E-state index contributed by atoms with van der Waals surface area (Å²) in [7, 11) is 2.15. The molecule has 1 atom stereocenters. The van der Waals surface area contributed by atoms with E-state index in [1.807, 2.05) is 18.3 Å². The van der Waals surface area contributed by atoms with Gasteiger partial charge in [0.2, 0.25) is 0 Å². The highest BCUT2D eigenvalue weighted by atomic mass is 16.1. The van der Waals surface area contributed by atoms with Crippen LogP contribution in [-0.4, -0.2) is 48.9 Å². The lowest BCUT2D eigenvalue weighted by molar-refractivity contribution is -0.120. The number of hydrogen-bond donors (Lipinski definition) is 0. The molecule has 0 N–H and O–H groups in total. The number of rotatable bonds is 5. The van der Waals surface area contributed by atoms with Gasteiger partial charge in [-0.05, 0) is 56.8 Å². The number of likely N-dealkylation sites (tertiary alicyclic amines) is 1. The van der Waals surface area contributed by atoms with E-state index in [2.05, 4.69) is 27.9 Å². The molecular weight excluding hydrogens is 274 g/mol. The van der Waals surface area contributed by atoms with E-state index in [9.17, 15) is 4.79 Å². The second-order valence-corrected chi connectivity index (χ2v) is 6.98. The van der Waals surface area contributed by atoms with Crippen LogP contribution in [0.15, 0.2) is 24.4 Å². The van der Waals surface area contributed by atoms with Crippen molar-refractivity contribution >= 4 is 11.6 Å². The van der Waals surface area contributed by atoms with Gasteiger partial charge in [-0.3, -0.25) is 4.79 Å². The molecule has 0 spiro atoms. The molecule has 3 heterocycles. The molecule has 0 radical (unpaired) electrons. The number of Topliss-reactive ketones (excluding diaryl/α,β-unsaturated/α-hetero) is 1. The number of piperidine rings is 1. The Morgan fingerprint density at radius 2 is 1.86 bits per heavy atom. The summed E-state index contributed by atoms with van der Waals surface area (Å²) in [6.07, 6.45) is 6.87. The van der Waals surface area contributed by atoms with Crippen molar-refractivity contribution in [2.45, 2.75) is 32.1 Å². The van der Waals surface area contributed by atoms with E-state index in [0.29, 0.717) is 17.6 Å². The predicted octanol–water partition coefficient (Wildman–Crippen LogP) is 2.60. The van der Waals surface area contributed by atoms with Crippen LogP contribution in [0.25, 0.3) is 0 Å². The van der Waals surface area contributed by atoms with E-state index < -0.39 is 0 Å². The molecule has 1 aromatic rings. The first-order chi connectivity index (χ1) is 10.7. The molecule has 1 aromatic heterocycles. The first-order valence-corrected chi connectivity index (χ1v) is 8.57. The van der Waals surface area contributed by atoms with E-state index in [1.165, 1.54) is 6.42 Å². The zero-order chi connectivity index (χ0) is 15.4. The maximum absolute atomic E-state index is 12.3. The van der Waals surface area contributed by atoms with Crippen LogP contribution in [0.3, 0.4) is 0 Å². The van der Waals surface area contributed by atoms with Gasteiger partial charge in [-0.1, -0.05) is 6.07 Å². The predicted molar refractivity (Wildman–Crippen MR) is 89.0 cm³/mol. The third kappa shape index (κ3) is 4.07. The highest BCUT2D eigenvalue weighted by molar-refractivity contribution is 5.79. The third-order valence-corrected chi connectivity index (χ3v) is 5.11. The summed E-state index contributed by atoms with van der Waals surface area (Å²) in [5.41, 5.74) is 0. The van der Waals surface area contributed by atoms with Gasteiger partial charge in [0.15, 0.2) is 0 Å². The van der Waals surface area contributed by atoms with Gasteiger partial charge < -0.3 is 9.80 Å². The van der Waals surface area contributed by atoms with E-state index in [-0.39, 0.29) is 0 Å². The average molecular weight is 301 g/mol. The van der Waals surface area contributed by atoms with Crippen LogP contribution >= 0.6 is 0 Å². The van der Waals surface area contributed by atoms with Crippen molar-refractivity contribution in [3.8, 4) is 0 Å². The van der Waals surface area contributed by atoms with Gasteiger partial charge in [0.25, 0.3) is 0 Å². The highest BCUT2D eigenvalue weighted by Crippen LogP contribution is 2.26. The highest BCUT2D eigenvalue weighted by Gasteiger charge is 2.25. The molecule has 0 unspecified atom stereocenters. The molecular formula is C18H27N3O. The smallest absolute Gasteiger partial charge is 0.133 e. The number of anilines is 1. The Labute approximate surface area is 133 Å². The molecule has 3 rings (SSSR count). The summed E-state index contributed by atoms with van der Waals surface area (Å²) >= 11 is 0. The van der Waals surface area contributed by atoms with Crippen molar-refractivity contribution in [1.82, 2.24) is 9.88 Å². The molecule has 4 nitrogen and oxygen atoms in total. The van der Waals surface area contributed by atoms with Gasteiger partial charge >= 0.3 is 0 Å². The number of hydrogen-bond acceptors (Lipinski definition) is 4. The van der Waals surface area contributed by atoms with Crippen LogP contribution in [0.4, 0.5) is 5.82 Å². The van der Waals surface area contributed by atoms with E-state index >= 15 is 0 Å². The van der Waals surface area contributed by atoms with Crippen LogP contribution < -0.4 is 4.90 Å². The van der Waals surface area contributed by atoms with Crippen molar-refractivity contribution in [3.05, 3.63) is 24.4 Å².